The molecule has 1 aromatic rings. The summed E-state index contributed by atoms with van der Waals surface area (Å²) in [6.45, 7) is 3.41. The van der Waals surface area contributed by atoms with Crippen LogP contribution in [0.3, 0.4) is 0 Å². The van der Waals surface area contributed by atoms with Gasteiger partial charge in [-0.15, -0.1) is 0 Å². The predicted molar refractivity (Wildman–Crippen MR) is 70.7 cm³/mol. The summed E-state index contributed by atoms with van der Waals surface area (Å²) in [5.74, 6) is 0.736. The highest BCUT2D eigenvalue weighted by atomic mass is 16.5. The van der Waals surface area contributed by atoms with Crippen LogP contribution in [0.15, 0.2) is 24.3 Å². The predicted octanol–water partition coefficient (Wildman–Crippen LogP) is 1.65. The molecule has 1 saturated heterocycles. The van der Waals surface area contributed by atoms with Crippen LogP contribution in [0.4, 0.5) is 0 Å². The van der Waals surface area contributed by atoms with Crippen molar-refractivity contribution < 1.29 is 9.53 Å². The summed E-state index contributed by atoms with van der Waals surface area (Å²) in [7, 11) is 1.60. The fraction of sp³-hybridized carbons (Fsp3) is 0.500. The Morgan fingerprint density at radius 3 is 2.83 bits per heavy atom. The lowest BCUT2D eigenvalue weighted by Gasteiger charge is -2.47. The van der Waals surface area contributed by atoms with E-state index in [4.69, 9.17) is 10.5 Å². The average molecular weight is 248 g/mol. The fourth-order valence-electron chi connectivity index (χ4n) is 2.45. The first kappa shape index (κ1) is 12.9. The zero-order valence-corrected chi connectivity index (χ0v) is 11.0. The minimum atomic E-state index is -0.177. The van der Waals surface area contributed by atoms with Gasteiger partial charge in [-0.1, -0.05) is 19.4 Å². The Morgan fingerprint density at radius 2 is 2.22 bits per heavy atom. The van der Waals surface area contributed by atoms with Gasteiger partial charge in [-0.25, -0.2) is 0 Å². The SMILES string of the molecule is CCCC1(N)CN(C(=O)c2cccc(OC)c2)C1. The first-order valence-corrected chi connectivity index (χ1v) is 6.30. The lowest BCUT2D eigenvalue weighted by molar-refractivity contribution is 0.0386. The van der Waals surface area contributed by atoms with Gasteiger partial charge in [0.15, 0.2) is 0 Å². The van der Waals surface area contributed by atoms with Gasteiger partial charge in [-0.3, -0.25) is 4.79 Å². The molecule has 1 aliphatic heterocycles. The van der Waals surface area contributed by atoms with E-state index in [-0.39, 0.29) is 11.4 Å². The highest BCUT2D eigenvalue weighted by Crippen LogP contribution is 2.25. The number of carbonyl (C=O) groups is 1. The van der Waals surface area contributed by atoms with Gasteiger partial charge in [0.25, 0.3) is 5.91 Å². The molecule has 98 valence electrons. The van der Waals surface area contributed by atoms with Crippen molar-refractivity contribution in [3.05, 3.63) is 29.8 Å². The number of nitrogens with two attached hydrogens (primary N) is 1. The van der Waals surface area contributed by atoms with Gasteiger partial charge in [0, 0.05) is 18.7 Å². The lowest BCUT2D eigenvalue weighted by Crippen LogP contribution is -2.68. The van der Waals surface area contributed by atoms with E-state index in [0.717, 1.165) is 12.8 Å². The second kappa shape index (κ2) is 4.98. The highest BCUT2D eigenvalue weighted by Gasteiger charge is 2.41. The second-order valence-corrected chi connectivity index (χ2v) is 5.01. The monoisotopic (exact) mass is 248 g/mol. The van der Waals surface area contributed by atoms with Crippen LogP contribution in [-0.4, -0.2) is 36.5 Å². The van der Waals surface area contributed by atoms with Crippen LogP contribution < -0.4 is 10.5 Å². The molecule has 2 rings (SSSR count). The van der Waals surface area contributed by atoms with E-state index in [1.165, 1.54) is 0 Å². The van der Waals surface area contributed by atoms with E-state index < -0.39 is 0 Å². The van der Waals surface area contributed by atoms with E-state index in [1.807, 2.05) is 12.1 Å². The largest absolute Gasteiger partial charge is 0.497 e. The Labute approximate surface area is 108 Å². The van der Waals surface area contributed by atoms with Crippen LogP contribution in [0.1, 0.15) is 30.1 Å². The van der Waals surface area contributed by atoms with Crippen molar-refractivity contribution in [1.82, 2.24) is 4.90 Å². The maximum absolute atomic E-state index is 12.2. The molecule has 18 heavy (non-hydrogen) atoms. The van der Waals surface area contributed by atoms with Crippen LogP contribution in [0.5, 0.6) is 5.75 Å². The van der Waals surface area contributed by atoms with Gasteiger partial charge in [0.2, 0.25) is 0 Å². The van der Waals surface area contributed by atoms with Crippen molar-refractivity contribution in [2.24, 2.45) is 5.73 Å². The third-order valence-corrected chi connectivity index (χ3v) is 3.36. The van der Waals surface area contributed by atoms with Crippen molar-refractivity contribution in [2.75, 3.05) is 20.2 Å². The molecule has 0 unspecified atom stereocenters. The Bertz CT molecular complexity index is 439. The number of methoxy groups -OCH3 is 1. The molecule has 4 nitrogen and oxygen atoms in total. The Balaban J connectivity index is 2.01. The average Bonchev–Trinajstić information content (AvgIpc) is 2.35. The van der Waals surface area contributed by atoms with Crippen molar-refractivity contribution >= 4 is 5.91 Å². The van der Waals surface area contributed by atoms with Gasteiger partial charge >= 0.3 is 0 Å². The fourth-order valence-corrected chi connectivity index (χ4v) is 2.45. The van der Waals surface area contributed by atoms with E-state index in [1.54, 1.807) is 24.1 Å². The summed E-state index contributed by atoms with van der Waals surface area (Å²) in [4.78, 5) is 14.0. The molecule has 1 aliphatic rings. The number of rotatable bonds is 4. The number of amides is 1. The van der Waals surface area contributed by atoms with Gasteiger partial charge in [0.05, 0.1) is 12.6 Å². The molecule has 1 heterocycles. The van der Waals surface area contributed by atoms with E-state index in [2.05, 4.69) is 6.92 Å². The van der Waals surface area contributed by atoms with Gasteiger partial charge in [0.1, 0.15) is 5.75 Å². The molecule has 0 aliphatic carbocycles. The maximum Gasteiger partial charge on any atom is 0.254 e. The third-order valence-electron chi connectivity index (χ3n) is 3.36. The smallest absolute Gasteiger partial charge is 0.254 e. The number of carbonyl (C=O) groups excluding carboxylic acids is 1. The first-order valence-electron chi connectivity index (χ1n) is 6.30. The van der Waals surface area contributed by atoms with Crippen molar-refractivity contribution in [1.29, 1.82) is 0 Å². The molecule has 0 radical (unpaired) electrons. The highest BCUT2D eigenvalue weighted by molar-refractivity contribution is 5.95. The quantitative estimate of drug-likeness (QED) is 0.881. The summed E-state index contributed by atoms with van der Waals surface area (Å²) < 4.78 is 5.12. The maximum atomic E-state index is 12.2. The number of ether oxygens (including phenoxy) is 1. The van der Waals surface area contributed by atoms with Gasteiger partial charge in [-0.2, -0.15) is 0 Å². The summed E-state index contributed by atoms with van der Waals surface area (Å²) in [5, 5.41) is 0. The second-order valence-electron chi connectivity index (χ2n) is 5.01. The normalized spacial score (nSPS) is 17.2. The van der Waals surface area contributed by atoms with E-state index >= 15 is 0 Å². The Morgan fingerprint density at radius 1 is 1.50 bits per heavy atom. The minimum absolute atomic E-state index is 0.0334. The molecule has 1 aromatic carbocycles. The Kier molecular flexibility index (Phi) is 3.57. The number of likely N-dealkylation sites (tertiary alicyclic amines) is 1. The van der Waals surface area contributed by atoms with Crippen LogP contribution in [0.2, 0.25) is 0 Å². The summed E-state index contributed by atoms with van der Waals surface area (Å²) in [5.41, 5.74) is 6.64. The molecule has 4 heteroatoms. The van der Waals surface area contributed by atoms with Crippen LogP contribution in [-0.2, 0) is 0 Å². The molecule has 0 bridgehead atoms. The van der Waals surface area contributed by atoms with Crippen LogP contribution in [0.25, 0.3) is 0 Å². The van der Waals surface area contributed by atoms with Crippen molar-refractivity contribution in [3.8, 4) is 5.75 Å². The summed E-state index contributed by atoms with van der Waals surface area (Å²) >= 11 is 0. The number of benzene rings is 1. The molecule has 0 spiro atoms. The first-order chi connectivity index (χ1) is 8.58. The lowest BCUT2D eigenvalue weighted by atomic mass is 9.86. The van der Waals surface area contributed by atoms with Crippen molar-refractivity contribution in [3.63, 3.8) is 0 Å². The van der Waals surface area contributed by atoms with Gasteiger partial charge < -0.3 is 15.4 Å². The van der Waals surface area contributed by atoms with Crippen molar-refractivity contribution in [2.45, 2.75) is 25.3 Å². The number of nitrogens with zero attached hydrogens (tertiary/aromatic N) is 1. The molecular formula is C14H20N2O2. The topological polar surface area (TPSA) is 55.6 Å². The number of hydrogen-bond donors (Lipinski definition) is 1. The molecule has 1 fully saturated rings. The summed E-state index contributed by atoms with van der Waals surface area (Å²) in [6, 6.07) is 7.23. The van der Waals surface area contributed by atoms with E-state index in [9.17, 15) is 4.79 Å². The van der Waals surface area contributed by atoms with Crippen LogP contribution >= 0.6 is 0 Å². The van der Waals surface area contributed by atoms with Crippen LogP contribution in [0, 0.1) is 0 Å². The third kappa shape index (κ3) is 2.48. The van der Waals surface area contributed by atoms with E-state index in [0.29, 0.717) is 24.4 Å². The zero-order chi connectivity index (χ0) is 13.2. The molecule has 2 N–H and O–H groups in total. The Hall–Kier alpha value is -1.55. The summed E-state index contributed by atoms with van der Waals surface area (Å²) in [6.07, 6.45) is 2.02. The van der Waals surface area contributed by atoms with Gasteiger partial charge in [-0.05, 0) is 24.6 Å². The number of hydrogen-bond acceptors (Lipinski definition) is 3. The molecule has 1 amide bonds. The molecular weight excluding hydrogens is 228 g/mol. The zero-order valence-electron chi connectivity index (χ0n) is 11.0. The molecule has 0 saturated carbocycles. The molecule has 0 aromatic heterocycles. The standard InChI is InChI=1S/C14H20N2O2/c1-3-7-14(15)9-16(10-14)13(17)11-5-4-6-12(8-11)18-2/h4-6,8H,3,7,9-10,15H2,1-2H3. The minimum Gasteiger partial charge on any atom is -0.497 e. The molecule has 0 atom stereocenters.